The molecular weight excluding hydrogens is 490 g/mol. The number of hydrogen-bond donors (Lipinski definition) is 2. The molecule has 0 aliphatic carbocycles. The number of anilines is 1. The molecule has 0 radical (unpaired) electrons. The van der Waals surface area contributed by atoms with Gasteiger partial charge in [-0.1, -0.05) is 73.7 Å². The lowest BCUT2D eigenvalue weighted by Gasteiger charge is -2.44. The summed E-state index contributed by atoms with van der Waals surface area (Å²) in [4.78, 5) is 16.7. The quantitative estimate of drug-likeness (QED) is 0.439. The van der Waals surface area contributed by atoms with E-state index in [1.165, 1.54) is 12.5 Å². The predicted octanol–water partition coefficient (Wildman–Crippen LogP) is 4.75. The molecule has 4 atom stereocenters. The number of nitrogens with one attached hydrogen (secondary N) is 1. The highest BCUT2D eigenvalue weighted by molar-refractivity contribution is 5.88. The largest absolute Gasteiger partial charge is 0.392 e. The standard InChI is InChI=1S/C32H39N3O4/c1-23-30(21-35-17-15-34(16-18-35)20-25-7-4-3-5-8-25)38-32(28-9-6-10-29(19-28)33-24(2)37)39-31(23)27-13-11-26(22-36)12-14-27/h3-14,19,23,30-32,36H,15-18,20-22H2,1-2H3,(H,33,37)/t23-,30+,31+,32+/m0/s1. The van der Waals surface area contributed by atoms with E-state index in [-0.39, 0.29) is 30.6 Å². The number of rotatable bonds is 8. The summed E-state index contributed by atoms with van der Waals surface area (Å²) in [5.41, 5.74) is 4.90. The second kappa shape index (κ2) is 12.9. The van der Waals surface area contributed by atoms with Gasteiger partial charge in [-0.2, -0.15) is 0 Å². The molecule has 7 nitrogen and oxygen atoms in total. The lowest BCUT2D eigenvalue weighted by Crippen LogP contribution is -2.51. The molecule has 7 heteroatoms. The molecule has 2 N–H and O–H groups in total. The van der Waals surface area contributed by atoms with E-state index in [1.807, 2.05) is 48.5 Å². The van der Waals surface area contributed by atoms with Gasteiger partial charge >= 0.3 is 0 Å². The van der Waals surface area contributed by atoms with Crippen LogP contribution in [0.15, 0.2) is 78.9 Å². The van der Waals surface area contributed by atoms with Gasteiger partial charge in [0, 0.05) is 63.4 Å². The van der Waals surface area contributed by atoms with Crippen molar-refractivity contribution in [2.45, 2.75) is 45.5 Å². The number of benzene rings is 3. The summed E-state index contributed by atoms with van der Waals surface area (Å²) in [7, 11) is 0. The van der Waals surface area contributed by atoms with Gasteiger partial charge in [-0.25, -0.2) is 0 Å². The van der Waals surface area contributed by atoms with Gasteiger partial charge < -0.3 is 19.9 Å². The Bertz CT molecular complexity index is 1210. The molecule has 0 spiro atoms. The third-order valence-electron chi connectivity index (χ3n) is 7.75. The van der Waals surface area contributed by atoms with Crippen molar-refractivity contribution in [1.82, 2.24) is 9.80 Å². The normalized spacial score (nSPS) is 24.4. The van der Waals surface area contributed by atoms with E-state index >= 15 is 0 Å². The van der Waals surface area contributed by atoms with Crippen molar-refractivity contribution in [3.8, 4) is 0 Å². The van der Waals surface area contributed by atoms with Gasteiger partial charge in [0.2, 0.25) is 5.91 Å². The van der Waals surface area contributed by atoms with Crippen LogP contribution >= 0.6 is 0 Å². The van der Waals surface area contributed by atoms with E-state index in [0.29, 0.717) is 0 Å². The van der Waals surface area contributed by atoms with E-state index in [2.05, 4.69) is 52.4 Å². The fourth-order valence-corrected chi connectivity index (χ4v) is 5.52. The summed E-state index contributed by atoms with van der Waals surface area (Å²) in [6.45, 7) is 9.59. The van der Waals surface area contributed by atoms with E-state index in [1.54, 1.807) is 0 Å². The molecule has 0 unspecified atom stereocenters. The maximum atomic E-state index is 11.6. The summed E-state index contributed by atoms with van der Waals surface area (Å²) in [5.74, 6) is 0.0134. The number of ether oxygens (including phenoxy) is 2. The summed E-state index contributed by atoms with van der Waals surface area (Å²) in [5, 5.41) is 12.4. The fourth-order valence-electron chi connectivity index (χ4n) is 5.52. The molecular formula is C32H39N3O4. The van der Waals surface area contributed by atoms with Crippen molar-refractivity contribution < 1.29 is 19.4 Å². The van der Waals surface area contributed by atoms with Crippen molar-refractivity contribution in [2.75, 3.05) is 38.0 Å². The Labute approximate surface area is 231 Å². The Hall–Kier alpha value is -3.07. The Morgan fingerprint density at radius 2 is 1.59 bits per heavy atom. The maximum Gasteiger partial charge on any atom is 0.221 e. The Morgan fingerprint density at radius 1 is 0.872 bits per heavy atom. The van der Waals surface area contributed by atoms with Crippen LogP contribution in [0.3, 0.4) is 0 Å². The zero-order chi connectivity index (χ0) is 27.2. The molecule has 2 fully saturated rings. The van der Waals surface area contributed by atoms with Crippen LogP contribution in [0.5, 0.6) is 0 Å². The lowest BCUT2D eigenvalue weighted by molar-refractivity contribution is -0.276. The highest BCUT2D eigenvalue weighted by Gasteiger charge is 2.39. The van der Waals surface area contributed by atoms with Crippen LogP contribution in [0.4, 0.5) is 5.69 Å². The number of aliphatic hydroxyl groups excluding tert-OH is 1. The van der Waals surface area contributed by atoms with Crippen molar-refractivity contribution in [1.29, 1.82) is 0 Å². The second-order valence-electron chi connectivity index (χ2n) is 10.7. The number of hydrogen-bond acceptors (Lipinski definition) is 6. The number of carbonyl (C=O) groups is 1. The predicted molar refractivity (Wildman–Crippen MR) is 152 cm³/mol. The Balaban J connectivity index is 1.30. The molecule has 2 saturated heterocycles. The van der Waals surface area contributed by atoms with E-state index in [0.717, 1.165) is 61.6 Å². The minimum Gasteiger partial charge on any atom is -0.392 e. The van der Waals surface area contributed by atoms with Crippen molar-refractivity contribution in [3.63, 3.8) is 0 Å². The number of piperazine rings is 1. The van der Waals surface area contributed by atoms with Crippen LogP contribution in [0, 0.1) is 5.92 Å². The molecule has 39 heavy (non-hydrogen) atoms. The Kier molecular flexibility index (Phi) is 9.06. The zero-order valence-corrected chi connectivity index (χ0v) is 22.8. The zero-order valence-electron chi connectivity index (χ0n) is 22.8. The molecule has 3 aromatic carbocycles. The molecule has 0 saturated carbocycles. The molecule has 2 heterocycles. The van der Waals surface area contributed by atoms with Gasteiger partial charge in [0.1, 0.15) is 0 Å². The number of amides is 1. The molecule has 0 aromatic heterocycles. The van der Waals surface area contributed by atoms with Crippen LogP contribution in [0.2, 0.25) is 0 Å². The first kappa shape index (κ1) is 27.5. The number of carbonyl (C=O) groups excluding carboxylic acids is 1. The third kappa shape index (κ3) is 7.12. The third-order valence-corrected chi connectivity index (χ3v) is 7.75. The van der Waals surface area contributed by atoms with E-state index in [4.69, 9.17) is 9.47 Å². The van der Waals surface area contributed by atoms with Crippen molar-refractivity contribution >= 4 is 11.6 Å². The topological polar surface area (TPSA) is 74.3 Å². The smallest absolute Gasteiger partial charge is 0.221 e. The van der Waals surface area contributed by atoms with Crippen molar-refractivity contribution in [3.05, 3.63) is 101 Å². The average molecular weight is 530 g/mol. The molecule has 1 amide bonds. The number of nitrogens with zero attached hydrogens (tertiary/aromatic N) is 2. The number of aliphatic hydroxyl groups is 1. The van der Waals surface area contributed by atoms with Gasteiger partial charge in [0.05, 0.1) is 18.8 Å². The van der Waals surface area contributed by atoms with Gasteiger partial charge in [-0.15, -0.1) is 0 Å². The van der Waals surface area contributed by atoms with Crippen LogP contribution in [0.1, 0.15) is 48.5 Å². The van der Waals surface area contributed by atoms with Gasteiger partial charge in [0.15, 0.2) is 6.29 Å². The van der Waals surface area contributed by atoms with Crippen LogP contribution in [-0.4, -0.2) is 59.6 Å². The monoisotopic (exact) mass is 529 g/mol. The molecule has 0 bridgehead atoms. The second-order valence-corrected chi connectivity index (χ2v) is 10.7. The Morgan fingerprint density at radius 3 is 2.28 bits per heavy atom. The van der Waals surface area contributed by atoms with Crippen molar-refractivity contribution in [2.24, 2.45) is 5.92 Å². The van der Waals surface area contributed by atoms with Gasteiger partial charge in [-0.3, -0.25) is 14.6 Å². The first-order valence-electron chi connectivity index (χ1n) is 13.9. The van der Waals surface area contributed by atoms with Crippen LogP contribution < -0.4 is 5.32 Å². The first-order valence-corrected chi connectivity index (χ1v) is 13.9. The lowest BCUT2D eigenvalue weighted by atomic mass is 9.90. The fraction of sp³-hybridized carbons (Fsp3) is 0.406. The van der Waals surface area contributed by atoms with E-state index < -0.39 is 6.29 Å². The molecule has 2 aliphatic heterocycles. The summed E-state index contributed by atoms with van der Waals surface area (Å²) in [6, 6.07) is 26.3. The molecule has 2 aliphatic rings. The molecule has 5 rings (SSSR count). The minimum atomic E-state index is -0.554. The minimum absolute atomic E-state index is 0.0158. The maximum absolute atomic E-state index is 11.6. The SMILES string of the molecule is CC(=O)Nc1cccc([C@@H]2O[C@H](CN3CCN(Cc4ccccc4)CC3)[C@H](C)[C@H](c3ccc(CO)cc3)O2)c1. The first-order chi connectivity index (χ1) is 19.0. The summed E-state index contributed by atoms with van der Waals surface area (Å²) < 4.78 is 13.2. The van der Waals surface area contributed by atoms with Gasteiger partial charge in [-0.05, 0) is 28.8 Å². The van der Waals surface area contributed by atoms with Crippen LogP contribution in [-0.2, 0) is 27.4 Å². The molecule has 206 valence electrons. The van der Waals surface area contributed by atoms with E-state index in [9.17, 15) is 9.90 Å². The average Bonchev–Trinajstić information content (AvgIpc) is 2.95. The molecule has 3 aromatic rings. The summed E-state index contributed by atoms with van der Waals surface area (Å²) >= 11 is 0. The highest BCUT2D eigenvalue weighted by atomic mass is 16.7. The van der Waals surface area contributed by atoms with Crippen LogP contribution in [0.25, 0.3) is 0 Å². The summed E-state index contributed by atoms with van der Waals surface area (Å²) in [6.07, 6.45) is -0.747. The van der Waals surface area contributed by atoms with Gasteiger partial charge in [0.25, 0.3) is 0 Å². The highest BCUT2D eigenvalue weighted by Crippen LogP contribution is 2.42.